The lowest BCUT2D eigenvalue weighted by atomic mass is 10.0. The zero-order chi connectivity index (χ0) is 50.1. The molecule has 5 nitrogen and oxygen atoms in total. The molecule has 2 aromatic carbocycles. The number of hydrogen-bond donors (Lipinski definition) is 2. The second-order valence-corrected chi connectivity index (χ2v) is 23.1. The van der Waals surface area contributed by atoms with Crippen molar-refractivity contribution >= 4 is 33.5 Å². The van der Waals surface area contributed by atoms with Gasteiger partial charge in [-0.05, 0) is 99.9 Å². The Bertz CT molecular complexity index is 1260. The number of quaternary nitrogens is 1. The molecule has 7 heteroatoms. The maximum atomic E-state index is 10.7. The number of rotatable bonds is 49. The molecule has 2 N–H and O–H groups in total. The third-order valence-electron chi connectivity index (χ3n) is 14.4. The summed E-state index contributed by atoms with van der Waals surface area (Å²) >= 11 is 0. The lowest BCUT2D eigenvalue weighted by Crippen LogP contribution is -2.50. The molecule has 0 aromatic heterocycles. The van der Waals surface area contributed by atoms with Crippen LogP contribution in [0.1, 0.15) is 305 Å². The first-order valence-corrected chi connectivity index (χ1v) is 31.8. The van der Waals surface area contributed by atoms with Gasteiger partial charge in [0.25, 0.3) is 0 Å². The van der Waals surface area contributed by atoms with Crippen LogP contribution in [0.15, 0.2) is 58.3 Å². The Morgan fingerprint density at radius 1 is 0.304 bits per heavy atom. The van der Waals surface area contributed by atoms with Gasteiger partial charge in [0.15, 0.2) is 0 Å². The predicted molar refractivity (Wildman–Crippen MR) is 306 cm³/mol. The Hall–Kier alpha value is -1.96. The standard InChI is InChI=1S/C48H100N.C14H10O4S2/c1-5-9-13-17-21-25-29-33-37-41-45-49(46-42-38-34-30-26-22-18-14-10-6-2,47-43-39-35-31-27-23-19-15-11-7-3)48-44-40-36-32-28-24-20-16-12-8-4;15-13(16)9-1-5-11(6-2-9)19-20-12-7-3-10(4-8-12)14(17)18/h5-48H2,1-4H3;1-8H,(H,15,16)(H,17,18)/q+1;. The lowest BCUT2D eigenvalue weighted by Gasteiger charge is -2.40. The van der Waals surface area contributed by atoms with E-state index in [2.05, 4.69) is 27.7 Å². The summed E-state index contributed by atoms with van der Waals surface area (Å²) in [5.41, 5.74) is 0.510. The molecule has 0 fully saturated rings. The van der Waals surface area contributed by atoms with Gasteiger partial charge < -0.3 is 14.7 Å². The first-order chi connectivity index (χ1) is 33.8. The van der Waals surface area contributed by atoms with Gasteiger partial charge in [0.1, 0.15) is 0 Å². The summed E-state index contributed by atoms with van der Waals surface area (Å²) < 4.78 is 1.49. The van der Waals surface area contributed by atoms with E-state index in [1.807, 2.05) is 0 Å². The van der Waals surface area contributed by atoms with E-state index in [9.17, 15) is 9.59 Å². The zero-order valence-electron chi connectivity index (χ0n) is 45.7. The molecule has 0 aliphatic rings. The highest BCUT2D eigenvalue weighted by molar-refractivity contribution is 8.76. The van der Waals surface area contributed by atoms with E-state index in [1.165, 1.54) is 309 Å². The minimum absolute atomic E-state index is 0.255. The van der Waals surface area contributed by atoms with Crippen LogP contribution in [-0.2, 0) is 0 Å². The normalized spacial score (nSPS) is 11.5. The van der Waals surface area contributed by atoms with Crippen molar-refractivity contribution in [1.29, 1.82) is 0 Å². The molecule has 0 radical (unpaired) electrons. The van der Waals surface area contributed by atoms with Crippen molar-refractivity contribution in [3.05, 3.63) is 59.7 Å². The number of unbranched alkanes of at least 4 members (excludes halogenated alkanes) is 36. The highest BCUT2D eigenvalue weighted by Crippen LogP contribution is 2.37. The third-order valence-corrected chi connectivity index (χ3v) is 16.8. The number of carboxylic acids is 2. The lowest BCUT2D eigenvalue weighted by molar-refractivity contribution is -0.929. The van der Waals surface area contributed by atoms with Crippen molar-refractivity contribution in [2.75, 3.05) is 26.2 Å². The van der Waals surface area contributed by atoms with Gasteiger partial charge in [-0.15, -0.1) is 0 Å². The summed E-state index contributed by atoms with van der Waals surface area (Å²) in [5, 5.41) is 17.6. The Morgan fingerprint density at radius 3 is 0.652 bits per heavy atom. The number of carboxylic acid groups (broad SMARTS) is 2. The van der Waals surface area contributed by atoms with E-state index in [0.29, 0.717) is 0 Å². The van der Waals surface area contributed by atoms with Crippen molar-refractivity contribution in [2.24, 2.45) is 0 Å². The number of hydrogen-bond acceptors (Lipinski definition) is 4. The predicted octanol–water partition coefficient (Wildman–Crippen LogP) is 21.4. The fourth-order valence-corrected chi connectivity index (χ4v) is 11.7. The van der Waals surface area contributed by atoms with Gasteiger partial charge in [-0.1, -0.05) is 255 Å². The van der Waals surface area contributed by atoms with Crippen molar-refractivity contribution in [3.8, 4) is 0 Å². The van der Waals surface area contributed by atoms with E-state index >= 15 is 0 Å². The van der Waals surface area contributed by atoms with Crippen LogP contribution >= 0.6 is 21.6 Å². The quantitative estimate of drug-likeness (QED) is 0.0391. The number of aromatic carboxylic acids is 2. The van der Waals surface area contributed by atoms with E-state index in [0.717, 1.165) is 9.79 Å². The summed E-state index contributed by atoms with van der Waals surface area (Å²) in [6.07, 6.45) is 58.7. The Labute approximate surface area is 435 Å². The summed E-state index contributed by atoms with van der Waals surface area (Å²) in [6.45, 7) is 15.3. The molecule has 0 atom stereocenters. The molecule has 0 unspecified atom stereocenters. The maximum Gasteiger partial charge on any atom is 0.335 e. The molecule has 2 rings (SSSR count). The third kappa shape index (κ3) is 39.3. The summed E-state index contributed by atoms with van der Waals surface area (Å²) in [5.74, 6) is -1.89. The van der Waals surface area contributed by atoms with E-state index in [1.54, 1.807) is 48.5 Å². The molecule has 2 aromatic rings. The summed E-state index contributed by atoms with van der Waals surface area (Å²) in [7, 11) is 2.97. The minimum atomic E-state index is -0.946. The highest BCUT2D eigenvalue weighted by Gasteiger charge is 2.26. The molecular weight excluding hydrogens is 887 g/mol. The maximum absolute atomic E-state index is 10.7. The summed E-state index contributed by atoms with van der Waals surface area (Å²) in [4.78, 5) is 23.3. The molecule has 0 bridgehead atoms. The van der Waals surface area contributed by atoms with E-state index < -0.39 is 11.9 Å². The second-order valence-electron chi connectivity index (χ2n) is 20.8. The van der Waals surface area contributed by atoms with Crippen LogP contribution in [0.3, 0.4) is 0 Å². The largest absolute Gasteiger partial charge is 0.478 e. The van der Waals surface area contributed by atoms with Gasteiger partial charge in [-0.2, -0.15) is 0 Å². The first-order valence-electron chi connectivity index (χ1n) is 29.7. The van der Waals surface area contributed by atoms with E-state index in [-0.39, 0.29) is 11.1 Å². The molecule has 69 heavy (non-hydrogen) atoms. The SMILES string of the molecule is CCCCCCCCCCCC[N+](CCCCCCCCCCCC)(CCCCCCCCCCCC)CCCCCCCCCCCC.O=C(O)c1ccc(SSc2ccc(C(=O)O)cc2)cc1. The molecule has 0 spiro atoms. The fraction of sp³-hybridized carbons (Fsp3) is 0.774. The Morgan fingerprint density at radius 2 is 0.478 bits per heavy atom. The number of nitrogens with zero attached hydrogens (tertiary/aromatic N) is 1. The minimum Gasteiger partial charge on any atom is -0.478 e. The topological polar surface area (TPSA) is 74.6 Å². The second kappa shape index (κ2) is 48.3. The van der Waals surface area contributed by atoms with Crippen LogP contribution in [0.25, 0.3) is 0 Å². The molecule has 0 aliphatic carbocycles. The van der Waals surface area contributed by atoms with Crippen molar-refractivity contribution in [1.82, 2.24) is 0 Å². The average molecular weight is 998 g/mol. The highest BCUT2D eigenvalue weighted by atomic mass is 33.1. The number of benzene rings is 2. The van der Waals surface area contributed by atoms with Gasteiger partial charge in [0.05, 0.1) is 37.3 Å². The molecule has 0 heterocycles. The van der Waals surface area contributed by atoms with Crippen LogP contribution in [-0.4, -0.2) is 52.8 Å². The van der Waals surface area contributed by atoms with Gasteiger partial charge in [0.2, 0.25) is 0 Å². The average Bonchev–Trinajstić information content (AvgIpc) is 3.36. The summed E-state index contributed by atoms with van der Waals surface area (Å²) in [6, 6.07) is 13.2. The van der Waals surface area contributed by atoms with E-state index in [4.69, 9.17) is 10.2 Å². The Balaban J connectivity index is 0.000000976. The zero-order valence-corrected chi connectivity index (χ0v) is 47.3. The van der Waals surface area contributed by atoms with Crippen molar-refractivity contribution in [2.45, 2.75) is 294 Å². The first kappa shape index (κ1) is 65.1. The van der Waals surface area contributed by atoms with Crippen LogP contribution in [0.4, 0.5) is 0 Å². The van der Waals surface area contributed by atoms with Crippen molar-refractivity contribution < 1.29 is 24.3 Å². The molecule has 0 saturated heterocycles. The van der Waals surface area contributed by atoms with Crippen LogP contribution < -0.4 is 0 Å². The number of carbonyl (C=O) groups is 2. The smallest absolute Gasteiger partial charge is 0.335 e. The van der Waals surface area contributed by atoms with Crippen LogP contribution in [0, 0.1) is 0 Å². The molecular formula is C62H110NO4S2+. The Kier molecular flexibility index (Phi) is 45.6. The van der Waals surface area contributed by atoms with Crippen LogP contribution in [0.2, 0.25) is 0 Å². The van der Waals surface area contributed by atoms with Gasteiger partial charge in [-0.25, -0.2) is 9.59 Å². The van der Waals surface area contributed by atoms with Gasteiger partial charge in [-0.3, -0.25) is 0 Å². The monoisotopic (exact) mass is 997 g/mol. The molecule has 0 saturated carbocycles. The van der Waals surface area contributed by atoms with Gasteiger partial charge >= 0.3 is 11.9 Å². The van der Waals surface area contributed by atoms with Gasteiger partial charge in [0, 0.05) is 9.79 Å². The van der Waals surface area contributed by atoms with Crippen LogP contribution in [0.5, 0.6) is 0 Å². The molecule has 398 valence electrons. The van der Waals surface area contributed by atoms with Crippen molar-refractivity contribution in [3.63, 3.8) is 0 Å². The fourth-order valence-electron chi connectivity index (χ4n) is 9.81. The molecule has 0 aliphatic heterocycles. The molecule has 0 amide bonds.